The zero-order chi connectivity index (χ0) is 26.0. The van der Waals surface area contributed by atoms with E-state index in [0.29, 0.717) is 0 Å². The molecule has 0 bridgehead atoms. The summed E-state index contributed by atoms with van der Waals surface area (Å²) in [4.78, 5) is 5.39. The largest absolute Gasteiger partial charge is 0.405 e. The van der Waals surface area contributed by atoms with Crippen LogP contribution in [-0.2, 0) is 0 Å². The molecule has 1 aromatic heterocycles. The monoisotopic (exact) mass is 512 g/mol. The number of allylic oxidation sites excluding steroid dienone is 6. The summed E-state index contributed by atoms with van der Waals surface area (Å²) >= 11 is 0. The van der Waals surface area contributed by atoms with Crippen LogP contribution in [0, 0.1) is 0 Å². The molecule has 0 saturated carbocycles. The van der Waals surface area contributed by atoms with E-state index in [1.54, 1.807) is 6.20 Å². The maximum Gasteiger partial charge on any atom is 0.0541 e. The predicted octanol–water partition coefficient (Wildman–Crippen LogP) is 9.62. The predicted molar refractivity (Wildman–Crippen MR) is 165 cm³/mol. The van der Waals surface area contributed by atoms with Gasteiger partial charge in [0.15, 0.2) is 0 Å². The van der Waals surface area contributed by atoms with Crippen LogP contribution in [0.15, 0.2) is 159 Å². The van der Waals surface area contributed by atoms with Crippen molar-refractivity contribution in [1.29, 1.82) is 0 Å². The fraction of sp³-hybridized carbons (Fsp3) is 0.0857. The Balaban J connectivity index is 1.73. The first kappa shape index (κ1) is 24.1. The number of fused-ring (bicyclic) bond motifs is 3. The molecular weight excluding hydrogens is 480 g/mol. The van der Waals surface area contributed by atoms with E-state index in [9.17, 15) is 0 Å². The highest BCUT2D eigenvalue weighted by Gasteiger charge is 2.36. The molecule has 2 nitrogen and oxygen atoms in total. The highest BCUT2D eigenvalue weighted by Crippen LogP contribution is 2.74. The second-order valence-electron chi connectivity index (χ2n) is 9.44. The zero-order valence-corrected chi connectivity index (χ0v) is 22.4. The van der Waals surface area contributed by atoms with E-state index in [0.717, 1.165) is 12.8 Å². The highest BCUT2D eigenvalue weighted by molar-refractivity contribution is 8.40. The van der Waals surface area contributed by atoms with Crippen LogP contribution in [0.2, 0.25) is 0 Å². The molecule has 4 aromatic carbocycles. The lowest BCUT2D eigenvalue weighted by atomic mass is 10.1. The van der Waals surface area contributed by atoms with Crippen molar-refractivity contribution in [2.45, 2.75) is 29.6 Å². The van der Waals surface area contributed by atoms with E-state index >= 15 is 0 Å². The molecule has 0 fully saturated rings. The SMILES string of the molecule is C/C=C(\C=C/N)S(C1=CC=CCC1)(c1ccccc1)c1ccc2c(c1)c1ccccc1n2-c1ccccc1. The van der Waals surface area contributed by atoms with Crippen molar-refractivity contribution in [3.63, 3.8) is 0 Å². The second-order valence-corrected chi connectivity index (χ2v) is 12.6. The maximum atomic E-state index is 6.08. The average molecular weight is 513 g/mol. The summed E-state index contributed by atoms with van der Waals surface area (Å²) in [6, 6.07) is 37.5. The number of nitrogens with zero attached hydrogens (tertiary/aromatic N) is 1. The molecule has 3 heteroatoms. The number of benzene rings is 4. The van der Waals surface area contributed by atoms with Crippen molar-refractivity contribution in [3.05, 3.63) is 150 Å². The first-order chi connectivity index (χ1) is 18.8. The van der Waals surface area contributed by atoms with Gasteiger partial charge in [0.05, 0.1) is 11.0 Å². The Morgan fingerprint density at radius 2 is 1.50 bits per heavy atom. The van der Waals surface area contributed by atoms with Gasteiger partial charge in [-0.1, -0.05) is 78.9 Å². The molecule has 0 radical (unpaired) electrons. The minimum atomic E-state index is -1.73. The normalized spacial score (nSPS) is 16.6. The molecule has 5 aromatic rings. The van der Waals surface area contributed by atoms with Crippen LogP contribution >= 0.6 is 10.0 Å². The fourth-order valence-corrected chi connectivity index (χ4v) is 9.99. The van der Waals surface area contributed by atoms with Crippen molar-refractivity contribution < 1.29 is 0 Å². The van der Waals surface area contributed by atoms with Crippen LogP contribution < -0.4 is 5.73 Å². The molecule has 38 heavy (non-hydrogen) atoms. The minimum Gasteiger partial charge on any atom is -0.405 e. The van der Waals surface area contributed by atoms with Crippen LogP contribution in [-0.4, -0.2) is 4.57 Å². The molecule has 1 atom stereocenters. The molecule has 6 rings (SSSR count). The summed E-state index contributed by atoms with van der Waals surface area (Å²) in [5, 5.41) is 2.54. The Labute approximate surface area is 226 Å². The molecule has 0 amide bonds. The fourth-order valence-electron chi connectivity index (χ4n) is 5.79. The van der Waals surface area contributed by atoms with Gasteiger partial charge in [-0.25, -0.2) is 0 Å². The van der Waals surface area contributed by atoms with Crippen molar-refractivity contribution in [3.8, 4) is 5.69 Å². The van der Waals surface area contributed by atoms with Crippen molar-refractivity contribution >= 4 is 31.8 Å². The first-order valence-electron chi connectivity index (χ1n) is 13.2. The Hall–Kier alpha value is -4.21. The smallest absolute Gasteiger partial charge is 0.0541 e. The summed E-state index contributed by atoms with van der Waals surface area (Å²) in [6.45, 7) is 2.14. The molecule has 2 N–H and O–H groups in total. The van der Waals surface area contributed by atoms with Crippen molar-refractivity contribution in [1.82, 2.24) is 4.57 Å². The topological polar surface area (TPSA) is 30.9 Å². The van der Waals surface area contributed by atoms with E-state index in [4.69, 9.17) is 5.73 Å². The van der Waals surface area contributed by atoms with Gasteiger partial charge in [0.2, 0.25) is 0 Å². The summed E-state index contributed by atoms with van der Waals surface area (Å²) in [5.74, 6) is 0. The zero-order valence-electron chi connectivity index (χ0n) is 21.6. The van der Waals surface area contributed by atoms with Gasteiger partial charge in [0.1, 0.15) is 0 Å². The number of rotatable bonds is 6. The molecule has 0 aliphatic heterocycles. The lowest BCUT2D eigenvalue weighted by molar-refractivity contribution is 1.01. The van der Waals surface area contributed by atoms with Crippen LogP contribution in [0.1, 0.15) is 19.8 Å². The van der Waals surface area contributed by atoms with Crippen LogP contribution in [0.4, 0.5) is 0 Å². The average Bonchev–Trinajstić information content (AvgIpc) is 3.32. The number of hydrogen-bond acceptors (Lipinski definition) is 1. The van der Waals surface area contributed by atoms with E-state index in [-0.39, 0.29) is 0 Å². The Kier molecular flexibility index (Phi) is 6.53. The van der Waals surface area contributed by atoms with E-state index < -0.39 is 10.0 Å². The third kappa shape index (κ3) is 3.82. The molecular formula is C35H32N2S. The van der Waals surface area contributed by atoms with Gasteiger partial charge in [0, 0.05) is 26.3 Å². The number of para-hydroxylation sites is 2. The molecule has 1 unspecified atom stereocenters. The first-order valence-corrected chi connectivity index (χ1v) is 14.8. The number of aromatic nitrogens is 1. The van der Waals surface area contributed by atoms with Crippen molar-refractivity contribution in [2.24, 2.45) is 5.73 Å². The van der Waals surface area contributed by atoms with Crippen molar-refractivity contribution in [2.75, 3.05) is 0 Å². The van der Waals surface area contributed by atoms with E-state index in [2.05, 4.69) is 145 Å². The molecule has 1 aliphatic rings. The second kappa shape index (κ2) is 10.3. The molecule has 1 aliphatic carbocycles. The molecule has 1 heterocycles. The number of hydrogen-bond donors (Lipinski definition) is 1. The van der Waals surface area contributed by atoms with Crippen LogP contribution in [0.25, 0.3) is 27.5 Å². The summed E-state index contributed by atoms with van der Waals surface area (Å²) in [6.07, 6.45) is 15.0. The molecule has 188 valence electrons. The maximum absolute atomic E-state index is 6.08. The lowest BCUT2D eigenvalue weighted by Gasteiger charge is -2.45. The van der Waals surface area contributed by atoms with Gasteiger partial charge < -0.3 is 10.3 Å². The standard InChI is InChI=1S/C35H32N2S/c1-2-28(24-25-36)38(29-16-8-4-9-17-29,30-18-10-5-11-19-30)31-22-23-35-33(26-31)32-20-12-13-21-34(32)37(35)27-14-6-3-7-15-27/h2-10,12-18,20-26H,11,19,36H2,1H3/b25-24-,28-2+. The van der Waals surface area contributed by atoms with Gasteiger partial charge >= 0.3 is 0 Å². The molecule has 0 saturated heterocycles. The molecule has 0 spiro atoms. The Morgan fingerprint density at radius 1 is 0.789 bits per heavy atom. The third-order valence-corrected chi connectivity index (χ3v) is 11.5. The Bertz CT molecular complexity index is 1720. The summed E-state index contributed by atoms with van der Waals surface area (Å²) in [5.41, 5.74) is 9.69. The van der Waals surface area contributed by atoms with Crippen LogP contribution in [0.5, 0.6) is 0 Å². The van der Waals surface area contributed by atoms with Gasteiger partial charge in [0.25, 0.3) is 0 Å². The summed E-state index contributed by atoms with van der Waals surface area (Å²) < 4.78 is 2.38. The van der Waals surface area contributed by atoms with E-state index in [1.165, 1.54) is 47.1 Å². The van der Waals surface area contributed by atoms with Gasteiger partial charge in [-0.05, 0) is 90.4 Å². The highest BCUT2D eigenvalue weighted by atomic mass is 32.3. The van der Waals surface area contributed by atoms with Gasteiger partial charge in [-0.2, -0.15) is 0 Å². The van der Waals surface area contributed by atoms with Gasteiger partial charge in [-0.15, -0.1) is 10.0 Å². The minimum absolute atomic E-state index is 1.03. The number of nitrogens with two attached hydrogens (primary N) is 1. The lowest BCUT2D eigenvalue weighted by Crippen LogP contribution is -2.09. The third-order valence-electron chi connectivity index (χ3n) is 7.38. The van der Waals surface area contributed by atoms with Gasteiger partial charge in [-0.3, -0.25) is 0 Å². The van der Waals surface area contributed by atoms with Crippen LogP contribution in [0.3, 0.4) is 0 Å². The quantitative estimate of drug-likeness (QED) is 0.226. The van der Waals surface area contributed by atoms with E-state index in [1.807, 2.05) is 0 Å². The summed E-state index contributed by atoms with van der Waals surface area (Å²) in [7, 11) is -1.73. The Morgan fingerprint density at radius 3 is 2.21 bits per heavy atom.